The molecule has 0 atom stereocenters. The predicted molar refractivity (Wildman–Crippen MR) is 156 cm³/mol. The van der Waals surface area contributed by atoms with Crippen molar-refractivity contribution >= 4 is 57.2 Å². The van der Waals surface area contributed by atoms with Crippen molar-refractivity contribution in [1.82, 2.24) is 10.7 Å². The first-order valence-corrected chi connectivity index (χ1v) is 13.3. The van der Waals surface area contributed by atoms with Gasteiger partial charge in [-0.25, -0.2) is 5.43 Å². The highest BCUT2D eigenvalue weighted by atomic mass is 79.9. The first-order chi connectivity index (χ1) is 19.2. The van der Waals surface area contributed by atoms with Crippen LogP contribution in [0.2, 0.25) is 5.02 Å². The number of rotatable bonds is 11. The second-order valence-corrected chi connectivity index (χ2v) is 9.50. The van der Waals surface area contributed by atoms with E-state index in [1.807, 2.05) is 0 Å². The SMILES string of the molecule is CCOc1cc(/C=N\NC(=O)C(=O)NCc2ccc(OC)cc2)cc(Br)c1OCC(=O)Nc1cccc(Cl)c1C. The van der Waals surface area contributed by atoms with Crippen LogP contribution in [0.3, 0.4) is 0 Å². The standard InChI is InChI=1S/C28H28BrClN4O6/c1-4-39-24-13-19(15-32-34-28(37)27(36)31-14-18-8-10-20(38-3)11-9-18)12-21(29)26(24)40-16-25(35)33-23-7-5-6-22(30)17(23)2/h5-13,15H,4,14,16H2,1-3H3,(H,31,36)(H,33,35)(H,34,37)/b32-15-. The van der Waals surface area contributed by atoms with E-state index in [-0.39, 0.29) is 19.1 Å². The zero-order valence-electron chi connectivity index (χ0n) is 22.0. The number of amides is 3. The van der Waals surface area contributed by atoms with Gasteiger partial charge in [0.05, 0.1) is 24.4 Å². The molecule has 210 valence electrons. The number of carbonyl (C=O) groups excluding carboxylic acids is 3. The van der Waals surface area contributed by atoms with Crippen LogP contribution in [-0.2, 0) is 20.9 Å². The average molecular weight is 632 g/mol. The van der Waals surface area contributed by atoms with Gasteiger partial charge in [-0.2, -0.15) is 5.10 Å². The second kappa shape index (κ2) is 14.9. The Kier molecular flexibility index (Phi) is 11.3. The molecule has 0 fully saturated rings. The zero-order valence-corrected chi connectivity index (χ0v) is 24.4. The lowest BCUT2D eigenvalue weighted by molar-refractivity contribution is -0.139. The number of nitrogens with zero attached hydrogens (tertiary/aromatic N) is 1. The first-order valence-electron chi connectivity index (χ1n) is 12.1. The Morgan fingerprint density at radius 3 is 2.50 bits per heavy atom. The Bertz CT molecular complexity index is 1400. The summed E-state index contributed by atoms with van der Waals surface area (Å²) in [5, 5.41) is 9.69. The van der Waals surface area contributed by atoms with Crippen molar-refractivity contribution in [2.24, 2.45) is 5.10 Å². The summed E-state index contributed by atoms with van der Waals surface area (Å²) in [5.41, 5.74) is 4.88. The molecule has 3 N–H and O–H groups in total. The maximum atomic E-state index is 12.5. The van der Waals surface area contributed by atoms with Gasteiger partial charge in [0, 0.05) is 17.3 Å². The third kappa shape index (κ3) is 8.72. The summed E-state index contributed by atoms with van der Waals surface area (Å²) in [6.45, 7) is 3.84. The topological polar surface area (TPSA) is 127 Å². The molecule has 0 aliphatic rings. The second-order valence-electron chi connectivity index (χ2n) is 8.24. The lowest BCUT2D eigenvalue weighted by atomic mass is 10.2. The van der Waals surface area contributed by atoms with Crippen molar-refractivity contribution in [3.05, 3.63) is 80.8 Å². The van der Waals surface area contributed by atoms with Gasteiger partial charge >= 0.3 is 11.8 Å². The minimum Gasteiger partial charge on any atom is -0.497 e. The molecule has 3 aromatic rings. The van der Waals surface area contributed by atoms with Gasteiger partial charge in [0.1, 0.15) is 5.75 Å². The van der Waals surface area contributed by atoms with Gasteiger partial charge in [0.2, 0.25) is 0 Å². The molecule has 0 saturated heterocycles. The van der Waals surface area contributed by atoms with Crippen molar-refractivity contribution in [1.29, 1.82) is 0 Å². The molecule has 0 saturated carbocycles. The fraction of sp³-hybridized carbons (Fsp3) is 0.214. The highest BCUT2D eigenvalue weighted by molar-refractivity contribution is 9.10. The zero-order chi connectivity index (χ0) is 29.1. The van der Waals surface area contributed by atoms with Crippen LogP contribution in [0.1, 0.15) is 23.6 Å². The lowest BCUT2D eigenvalue weighted by Gasteiger charge is -2.15. The summed E-state index contributed by atoms with van der Waals surface area (Å²) >= 11 is 9.54. The van der Waals surface area contributed by atoms with E-state index < -0.39 is 11.8 Å². The molecule has 0 unspecified atom stereocenters. The normalized spacial score (nSPS) is 10.6. The van der Waals surface area contributed by atoms with Crippen LogP contribution in [0.5, 0.6) is 17.2 Å². The van der Waals surface area contributed by atoms with Crippen molar-refractivity contribution in [3.8, 4) is 17.2 Å². The molecule has 12 heteroatoms. The molecule has 0 spiro atoms. The van der Waals surface area contributed by atoms with Gasteiger partial charge in [-0.15, -0.1) is 0 Å². The predicted octanol–water partition coefficient (Wildman–Crippen LogP) is 4.60. The maximum Gasteiger partial charge on any atom is 0.329 e. The van der Waals surface area contributed by atoms with E-state index in [9.17, 15) is 14.4 Å². The molecule has 40 heavy (non-hydrogen) atoms. The van der Waals surface area contributed by atoms with E-state index in [4.69, 9.17) is 25.8 Å². The average Bonchev–Trinajstić information content (AvgIpc) is 2.94. The number of hydrogen-bond acceptors (Lipinski definition) is 7. The number of nitrogens with one attached hydrogen (secondary N) is 3. The summed E-state index contributed by atoms with van der Waals surface area (Å²) in [5.74, 6) is -0.768. The molecule has 10 nitrogen and oxygen atoms in total. The summed E-state index contributed by atoms with van der Waals surface area (Å²) in [6, 6.07) is 15.6. The van der Waals surface area contributed by atoms with E-state index in [2.05, 4.69) is 37.1 Å². The number of benzene rings is 3. The van der Waals surface area contributed by atoms with Crippen LogP contribution in [0.4, 0.5) is 5.69 Å². The van der Waals surface area contributed by atoms with Crippen LogP contribution in [0.15, 0.2) is 64.2 Å². The summed E-state index contributed by atoms with van der Waals surface area (Å²) in [7, 11) is 1.56. The monoisotopic (exact) mass is 630 g/mol. The van der Waals surface area contributed by atoms with Gasteiger partial charge in [0.15, 0.2) is 18.1 Å². The molecule has 0 bridgehead atoms. The Labute approximate surface area is 245 Å². The van der Waals surface area contributed by atoms with E-state index in [0.29, 0.717) is 44.6 Å². The highest BCUT2D eigenvalue weighted by Gasteiger charge is 2.16. The fourth-order valence-electron chi connectivity index (χ4n) is 3.35. The number of hydrazone groups is 1. The van der Waals surface area contributed by atoms with E-state index in [1.54, 1.807) is 75.6 Å². The maximum absolute atomic E-state index is 12.5. The Morgan fingerprint density at radius 1 is 1.05 bits per heavy atom. The van der Waals surface area contributed by atoms with E-state index in [1.165, 1.54) is 6.21 Å². The molecule has 3 rings (SSSR count). The van der Waals surface area contributed by atoms with E-state index >= 15 is 0 Å². The third-order valence-corrected chi connectivity index (χ3v) is 6.42. The Balaban J connectivity index is 1.57. The summed E-state index contributed by atoms with van der Waals surface area (Å²) < 4.78 is 17.0. The number of anilines is 1. The molecule has 3 aromatic carbocycles. The van der Waals surface area contributed by atoms with Crippen LogP contribution in [0.25, 0.3) is 0 Å². The van der Waals surface area contributed by atoms with Crippen LogP contribution in [0, 0.1) is 6.92 Å². The molecular weight excluding hydrogens is 604 g/mol. The smallest absolute Gasteiger partial charge is 0.329 e. The minimum absolute atomic E-state index is 0.169. The number of carbonyl (C=O) groups is 3. The molecule has 0 aliphatic carbocycles. The quantitative estimate of drug-likeness (QED) is 0.161. The van der Waals surface area contributed by atoms with Gasteiger partial charge < -0.3 is 24.8 Å². The van der Waals surface area contributed by atoms with Gasteiger partial charge in [0.25, 0.3) is 5.91 Å². The Morgan fingerprint density at radius 2 is 1.80 bits per heavy atom. The van der Waals surface area contributed by atoms with Crippen LogP contribution in [-0.4, -0.2) is 44.3 Å². The van der Waals surface area contributed by atoms with Crippen LogP contribution < -0.4 is 30.3 Å². The minimum atomic E-state index is -0.922. The van der Waals surface area contributed by atoms with Gasteiger partial charge in [-0.05, 0) is 82.9 Å². The van der Waals surface area contributed by atoms with Crippen molar-refractivity contribution in [2.45, 2.75) is 20.4 Å². The number of ether oxygens (including phenoxy) is 3. The highest BCUT2D eigenvalue weighted by Crippen LogP contribution is 2.36. The van der Waals surface area contributed by atoms with Crippen LogP contribution >= 0.6 is 27.5 Å². The van der Waals surface area contributed by atoms with Crippen molar-refractivity contribution in [3.63, 3.8) is 0 Å². The number of halogens is 2. The summed E-state index contributed by atoms with van der Waals surface area (Å²) in [6.07, 6.45) is 1.35. The first kappa shape index (κ1) is 30.5. The molecule has 0 heterocycles. The largest absolute Gasteiger partial charge is 0.497 e. The lowest BCUT2D eigenvalue weighted by Crippen LogP contribution is -2.37. The third-order valence-electron chi connectivity index (χ3n) is 5.42. The van der Waals surface area contributed by atoms with Gasteiger partial charge in [-0.1, -0.05) is 29.8 Å². The fourth-order valence-corrected chi connectivity index (χ4v) is 4.10. The van der Waals surface area contributed by atoms with Crippen molar-refractivity contribution < 1.29 is 28.6 Å². The molecule has 3 amide bonds. The number of methoxy groups -OCH3 is 1. The molecular formula is C28H28BrClN4O6. The number of hydrogen-bond donors (Lipinski definition) is 3. The molecule has 0 aliphatic heterocycles. The van der Waals surface area contributed by atoms with Crippen molar-refractivity contribution in [2.75, 3.05) is 25.6 Å². The Hall–Kier alpha value is -4.09. The molecule has 0 radical (unpaired) electrons. The molecule has 0 aromatic heterocycles. The summed E-state index contributed by atoms with van der Waals surface area (Å²) in [4.78, 5) is 36.7. The van der Waals surface area contributed by atoms with E-state index in [0.717, 1.165) is 11.1 Å². The van der Waals surface area contributed by atoms with Gasteiger partial charge in [-0.3, -0.25) is 14.4 Å².